The first-order valence-corrected chi connectivity index (χ1v) is 16.8. The first kappa shape index (κ1) is 25.7. The summed E-state index contributed by atoms with van der Waals surface area (Å²) in [7, 11) is -3.84. The number of alkyl halides is 3. The van der Waals surface area contributed by atoms with Gasteiger partial charge in [0, 0.05) is 6.54 Å². The van der Waals surface area contributed by atoms with E-state index in [1.807, 2.05) is 50.8 Å². The van der Waals surface area contributed by atoms with Crippen molar-refractivity contribution in [3.8, 4) is 5.75 Å². The smallest absolute Gasteiger partial charge is 0.471 e. The number of carbonyl (C=O) groups is 1. The lowest BCUT2D eigenvalue weighted by Crippen LogP contribution is -2.45. The van der Waals surface area contributed by atoms with Gasteiger partial charge in [-0.3, -0.25) is 4.79 Å². The SMILES string of the molecule is CCCCN(CC(O[Si](C)(C)C)c1ccc(O[Si](C)(C)C)cc1)C(=O)C(F)(F)F. The summed E-state index contributed by atoms with van der Waals surface area (Å²) in [6.45, 7) is 14.0. The first-order valence-electron chi connectivity index (χ1n) is 9.95. The Morgan fingerprint density at radius 2 is 1.59 bits per heavy atom. The fourth-order valence-electron chi connectivity index (χ4n) is 2.75. The van der Waals surface area contributed by atoms with E-state index >= 15 is 0 Å². The van der Waals surface area contributed by atoms with Crippen LogP contribution in [0.3, 0.4) is 0 Å². The predicted octanol–water partition coefficient (Wildman–Crippen LogP) is 5.98. The van der Waals surface area contributed by atoms with Gasteiger partial charge in [-0.25, -0.2) is 0 Å². The summed E-state index contributed by atoms with van der Waals surface area (Å²) in [6, 6.07) is 7.26. The highest BCUT2D eigenvalue weighted by Crippen LogP contribution is 2.28. The molecule has 4 nitrogen and oxygen atoms in total. The van der Waals surface area contributed by atoms with E-state index in [-0.39, 0.29) is 13.1 Å². The minimum Gasteiger partial charge on any atom is -0.544 e. The Morgan fingerprint density at radius 1 is 1.03 bits per heavy atom. The normalized spacial score (nSPS) is 13.9. The van der Waals surface area contributed by atoms with Crippen LogP contribution < -0.4 is 4.43 Å². The molecule has 0 aliphatic heterocycles. The van der Waals surface area contributed by atoms with Gasteiger partial charge in [-0.05, 0) is 63.4 Å². The number of unbranched alkanes of at least 4 members (excludes halogenated alkanes) is 1. The van der Waals surface area contributed by atoms with Crippen molar-refractivity contribution < 1.29 is 26.8 Å². The number of carbonyl (C=O) groups excluding carboxylic acids is 1. The molecule has 1 rings (SSSR count). The second kappa shape index (κ2) is 10.1. The summed E-state index contributed by atoms with van der Waals surface area (Å²) in [5, 5.41) is 0. The molecule has 166 valence electrons. The molecule has 0 aliphatic carbocycles. The summed E-state index contributed by atoms with van der Waals surface area (Å²) in [4.78, 5) is 12.8. The summed E-state index contributed by atoms with van der Waals surface area (Å²) >= 11 is 0. The number of halogens is 3. The number of rotatable bonds is 10. The predicted molar refractivity (Wildman–Crippen MR) is 115 cm³/mol. The van der Waals surface area contributed by atoms with Crippen LogP contribution >= 0.6 is 0 Å². The summed E-state index contributed by atoms with van der Waals surface area (Å²) in [5.41, 5.74) is 0.742. The molecule has 29 heavy (non-hydrogen) atoms. The van der Waals surface area contributed by atoms with Crippen molar-refractivity contribution in [1.82, 2.24) is 4.90 Å². The van der Waals surface area contributed by atoms with Gasteiger partial charge in [0.1, 0.15) is 5.75 Å². The molecule has 0 heterocycles. The summed E-state index contributed by atoms with van der Waals surface area (Å²) in [5.74, 6) is -1.08. The zero-order valence-corrected chi connectivity index (χ0v) is 20.5. The molecule has 9 heteroatoms. The minimum absolute atomic E-state index is 0.0528. The quantitative estimate of drug-likeness (QED) is 0.412. The van der Waals surface area contributed by atoms with Crippen LogP contribution in [0, 0.1) is 0 Å². The Hall–Kier alpha value is -1.33. The van der Waals surface area contributed by atoms with Gasteiger partial charge in [0.05, 0.1) is 12.6 Å². The van der Waals surface area contributed by atoms with Crippen molar-refractivity contribution in [2.45, 2.75) is 71.3 Å². The highest BCUT2D eigenvalue weighted by molar-refractivity contribution is 6.70. The lowest BCUT2D eigenvalue weighted by atomic mass is 10.1. The Bertz CT molecular complexity index is 653. The van der Waals surface area contributed by atoms with Crippen molar-refractivity contribution in [3.05, 3.63) is 29.8 Å². The second-order valence-electron chi connectivity index (χ2n) is 9.10. The maximum Gasteiger partial charge on any atom is 0.471 e. The Morgan fingerprint density at radius 3 is 2.00 bits per heavy atom. The van der Waals surface area contributed by atoms with Crippen molar-refractivity contribution in [2.24, 2.45) is 0 Å². The second-order valence-corrected chi connectivity index (χ2v) is 18.0. The first-order chi connectivity index (χ1) is 13.1. The largest absolute Gasteiger partial charge is 0.544 e. The number of benzene rings is 1. The molecule has 0 N–H and O–H groups in total. The van der Waals surface area contributed by atoms with Gasteiger partial charge in [0.2, 0.25) is 8.32 Å². The molecule has 1 aromatic carbocycles. The van der Waals surface area contributed by atoms with Crippen molar-refractivity contribution >= 4 is 22.5 Å². The van der Waals surface area contributed by atoms with Crippen LogP contribution in [0.5, 0.6) is 5.75 Å². The van der Waals surface area contributed by atoms with Crippen LogP contribution in [-0.4, -0.2) is 46.7 Å². The Labute approximate surface area is 174 Å². The molecule has 0 fully saturated rings. The Balaban J connectivity index is 3.14. The molecule has 0 radical (unpaired) electrons. The zero-order valence-electron chi connectivity index (χ0n) is 18.5. The number of hydrogen-bond acceptors (Lipinski definition) is 3. The molecule has 0 saturated heterocycles. The fraction of sp³-hybridized carbons (Fsp3) is 0.650. The van der Waals surface area contributed by atoms with E-state index in [0.29, 0.717) is 12.8 Å². The molecule has 0 bridgehead atoms. The minimum atomic E-state index is -4.90. The van der Waals surface area contributed by atoms with E-state index in [1.165, 1.54) is 0 Å². The highest BCUT2D eigenvalue weighted by atomic mass is 28.4. The molecule has 0 aliphatic rings. The Kier molecular flexibility index (Phi) is 8.98. The number of amides is 1. The van der Waals surface area contributed by atoms with Crippen molar-refractivity contribution in [2.75, 3.05) is 13.1 Å². The molecule has 1 amide bonds. The molecular formula is C20H34F3NO3Si2. The van der Waals surface area contributed by atoms with E-state index in [0.717, 1.165) is 16.2 Å². The van der Waals surface area contributed by atoms with Crippen LogP contribution in [0.2, 0.25) is 39.3 Å². The lowest BCUT2D eigenvalue weighted by Gasteiger charge is -2.32. The molecule has 1 atom stereocenters. The molecule has 0 spiro atoms. The highest BCUT2D eigenvalue weighted by Gasteiger charge is 2.43. The van der Waals surface area contributed by atoms with Gasteiger partial charge >= 0.3 is 12.1 Å². The van der Waals surface area contributed by atoms with Crippen LogP contribution in [0.1, 0.15) is 31.4 Å². The van der Waals surface area contributed by atoms with Crippen molar-refractivity contribution in [1.29, 1.82) is 0 Å². The van der Waals surface area contributed by atoms with Gasteiger partial charge in [-0.1, -0.05) is 25.5 Å². The zero-order chi connectivity index (χ0) is 22.5. The third-order valence-corrected chi connectivity index (χ3v) is 5.71. The van der Waals surface area contributed by atoms with Crippen LogP contribution in [-0.2, 0) is 9.22 Å². The van der Waals surface area contributed by atoms with Gasteiger partial charge in [-0.15, -0.1) is 0 Å². The molecule has 0 aromatic heterocycles. The van der Waals surface area contributed by atoms with E-state index in [2.05, 4.69) is 19.6 Å². The maximum atomic E-state index is 13.1. The van der Waals surface area contributed by atoms with Crippen LogP contribution in [0.4, 0.5) is 13.2 Å². The molecule has 0 saturated carbocycles. The van der Waals surface area contributed by atoms with E-state index in [9.17, 15) is 18.0 Å². The maximum absolute atomic E-state index is 13.1. The third kappa shape index (κ3) is 9.82. The standard InChI is InChI=1S/C20H34F3NO3Si2/c1-8-9-14-24(19(25)20(21,22)23)15-18(27-29(5,6)7)16-10-12-17(13-11-16)26-28(2,3)4/h10-13,18H,8-9,14-15H2,1-7H3. The van der Waals surface area contributed by atoms with E-state index < -0.39 is 34.8 Å². The fourth-order valence-corrected chi connectivity index (χ4v) is 4.65. The van der Waals surface area contributed by atoms with Gasteiger partial charge < -0.3 is 13.8 Å². The van der Waals surface area contributed by atoms with Gasteiger partial charge in [0.15, 0.2) is 8.32 Å². The molecule has 1 aromatic rings. The summed E-state index contributed by atoms with van der Waals surface area (Å²) in [6.07, 6.45) is -4.31. The van der Waals surface area contributed by atoms with E-state index in [4.69, 9.17) is 8.85 Å². The monoisotopic (exact) mass is 449 g/mol. The third-order valence-electron chi connectivity index (χ3n) is 3.87. The van der Waals surface area contributed by atoms with Crippen LogP contribution in [0.25, 0.3) is 0 Å². The lowest BCUT2D eigenvalue weighted by molar-refractivity contribution is -0.186. The number of nitrogens with zero attached hydrogens (tertiary/aromatic N) is 1. The number of hydrogen-bond donors (Lipinski definition) is 0. The summed E-state index contributed by atoms with van der Waals surface area (Å²) < 4.78 is 51.4. The topological polar surface area (TPSA) is 38.8 Å². The molecular weight excluding hydrogens is 415 g/mol. The van der Waals surface area contributed by atoms with E-state index in [1.54, 1.807) is 0 Å². The average Bonchev–Trinajstić information content (AvgIpc) is 2.54. The van der Waals surface area contributed by atoms with Crippen molar-refractivity contribution in [3.63, 3.8) is 0 Å². The van der Waals surface area contributed by atoms with Gasteiger partial charge in [-0.2, -0.15) is 13.2 Å². The molecule has 1 unspecified atom stereocenters. The van der Waals surface area contributed by atoms with Crippen LogP contribution in [0.15, 0.2) is 24.3 Å². The van der Waals surface area contributed by atoms with Gasteiger partial charge in [0.25, 0.3) is 0 Å². The average molecular weight is 450 g/mol.